The number of nitrogens with one attached hydrogen (secondary N) is 1. The molecule has 0 bridgehead atoms. The quantitative estimate of drug-likeness (QED) is 0.668. The van der Waals surface area contributed by atoms with Crippen LogP contribution < -0.4 is 5.32 Å². The lowest BCUT2D eigenvalue weighted by Crippen LogP contribution is -2.33. The Kier molecular flexibility index (Phi) is 5.62. The summed E-state index contributed by atoms with van der Waals surface area (Å²) in [7, 11) is 0. The molecule has 0 aromatic carbocycles. The van der Waals surface area contributed by atoms with Gasteiger partial charge in [0.05, 0.1) is 0 Å². The van der Waals surface area contributed by atoms with Gasteiger partial charge in [-0.15, -0.1) is 0 Å². The van der Waals surface area contributed by atoms with Gasteiger partial charge < -0.3 is 5.32 Å². The highest BCUT2D eigenvalue weighted by molar-refractivity contribution is 4.77. The molecule has 0 aliphatic carbocycles. The minimum absolute atomic E-state index is 0.458. The van der Waals surface area contributed by atoms with Crippen LogP contribution in [0, 0.1) is 11.3 Å². The van der Waals surface area contributed by atoms with E-state index >= 15 is 0 Å². The molecule has 0 aromatic rings. The number of rotatable bonds is 6. The fourth-order valence-electron chi connectivity index (χ4n) is 1.49. The Morgan fingerprint density at radius 3 is 2.08 bits per heavy atom. The lowest BCUT2D eigenvalue weighted by atomic mass is 9.76. The van der Waals surface area contributed by atoms with Crippen LogP contribution in [-0.4, -0.2) is 12.6 Å². The zero-order valence-corrected chi connectivity index (χ0v) is 10.3. The van der Waals surface area contributed by atoms with E-state index in [-0.39, 0.29) is 0 Å². The maximum Gasteiger partial charge on any atom is 0.00439 e. The van der Waals surface area contributed by atoms with E-state index in [2.05, 4.69) is 46.9 Å². The van der Waals surface area contributed by atoms with Gasteiger partial charge in [-0.2, -0.15) is 0 Å². The van der Waals surface area contributed by atoms with Crippen molar-refractivity contribution in [1.29, 1.82) is 0 Å². The average Bonchev–Trinajstić information content (AvgIpc) is 1.99. The van der Waals surface area contributed by atoms with Crippen LogP contribution in [0.5, 0.6) is 0 Å². The molecule has 1 heteroatoms. The Morgan fingerprint density at radius 1 is 1.15 bits per heavy atom. The molecular formula is C12H27N. The highest BCUT2D eigenvalue weighted by Gasteiger charge is 2.24. The van der Waals surface area contributed by atoms with Crippen LogP contribution in [0.2, 0.25) is 0 Å². The van der Waals surface area contributed by atoms with Crippen molar-refractivity contribution in [2.24, 2.45) is 11.3 Å². The predicted molar refractivity (Wildman–Crippen MR) is 61.0 cm³/mol. The van der Waals surface area contributed by atoms with E-state index in [0.717, 1.165) is 12.5 Å². The van der Waals surface area contributed by atoms with Crippen molar-refractivity contribution in [3.8, 4) is 0 Å². The minimum Gasteiger partial charge on any atom is -0.314 e. The van der Waals surface area contributed by atoms with Crippen molar-refractivity contribution in [2.75, 3.05) is 6.54 Å². The molecule has 0 fully saturated rings. The van der Waals surface area contributed by atoms with Gasteiger partial charge in [-0.1, -0.05) is 34.6 Å². The van der Waals surface area contributed by atoms with Crippen LogP contribution >= 0.6 is 0 Å². The highest BCUT2D eigenvalue weighted by Crippen LogP contribution is 2.31. The van der Waals surface area contributed by atoms with Crippen molar-refractivity contribution in [3.63, 3.8) is 0 Å². The standard InChI is InChI=1S/C12H27N/c1-7-8-13-11(4)9-12(5,6)10(2)3/h10-11,13H,7-9H2,1-6H3. The molecule has 80 valence electrons. The smallest absolute Gasteiger partial charge is 0.00439 e. The predicted octanol–water partition coefficient (Wildman–Crippen LogP) is 3.45. The van der Waals surface area contributed by atoms with Gasteiger partial charge in [0.1, 0.15) is 0 Å². The maximum atomic E-state index is 3.54. The molecule has 1 atom stereocenters. The Bertz CT molecular complexity index is 127. The Balaban J connectivity index is 3.82. The van der Waals surface area contributed by atoms with E-state index in [1.165, 1.54) is 12.8 Å². The molecular weight excluding hydrogens is 158 g/mol. The Labute approximate surface area is 84.3 Å². The molecule has 0 saturated heterocycles. The molecule has 0 heterocycles. The topological polar surface area (TPSA) is 12.0 Å². The van der Waals surface area contributed by atoms with Crippen molar-refractivity contribution >= 4 is 0 Å². The first-order valence-corrected chi connectivity index (χ1v) is 5.63. The number of hydrogen-bond acceptors (Lipinski definition) is 1. The molecule has 0 saturated carbocycles. The van der Waals surface area contributed by atoms with Crippen molar-refractivity contribution in [2.45, 2.75) is 60.4 Å². The third-order valence-electron chi connectivity index (χ3n) is 3.14. The summed E-state index contributed by atoms with van der Waals surface area (Å²) >= 11 is 0. The molecule has 0 aliphatic rings. The van der Waals surface area contributed by atoms with Crippen molar-refractivity contribution in [3.05, 3.63) is 0 Å². The molecule has 0 spiro atoms. The molecule has 1 nitrogen and oxygen atoms in total. The van der Waals surface area contributed by atoms with Crippen LogP contribution in [0.3, 0.4) is 0 Å². The minimum atomic E-state index is 0.458. The van der Waals surface area contributed by atoms with Gasteiger partial charge in [-0.3, -0.25) is 0 Å². The summed E-state index contributed by atoms with van der Waals surface area (Å²) in [5.41, 5.74) is 0.458. The van der Waals surface area contributed by atoms with Crippen LogP contribution in [0.15, 0.2) is 0 Å². The third kappa shape index (κ3) is 5.30. The summed E-state index contributed by atoms with van der Waals surface area (Å²) in [5.74, 6) is 0.762. The molecule has 1 N–H and O–H groups in total. The van der Waals surface area contributed by atoms with Gasteiger partial charge >= 0.3 is 0 Å². The first kappa shape index (κ1) is 13.0. The lowest BCUT2D eigenvalue weighted by molar-refractivity contribution is 0.204. The lowest BCUT2D eigenvalue weighted by Gasteiger charge is -2.32. The van der Waals surface area contributed by atoms with Gasteiger partial charge in [-0.25, -0.2) is 0 Å². The fraction of sp³-hybridized carbons (Fsp3) is 1.00. The van der Waals surface area contributed by atoms with E-state index in [9.17, 15) is 0 Å². The Morgan fingerprint density at radius 2 is 1.69 bits per heavy atom. The fourth-order valence-corrected chi connectivity index (χ4v) is 1.49. The van der Waals surface area contributed by atoms with Gasteiger partial charge in [-0.05, 0) is 37.6 Å². The van der Waals surface area contributed by atoms with Gasteiger partial charge in [0.25, 0.3) is 0 Å². The second-order valence-electron chi connectivity index (χ2n) is 5.20. The molecule has 1 unspecified atom stereocenters. The zero-order valence-electron chi connectivity index (χ0n) is 10.3. The van der Waals surface area contributed by atoms with E-state index < -0.39 is 0 Å². The molecule has 0 amide bonds. The van der Waals surface area contributed by atoms with E-state index in [1.54, 1.807) is 0 Å². The summed E-state index contributed by atoms with van der Waals surface area (Å²) in [5, 5.41) is 3.54. The van der Waals surface area contributed by atoms with Gasteiger partial charge in [0, 0.05) is 6.04 Å². The highest BCUT2D eigenvalue weighted by atomic mass is 14.9. The summed E-state index contributed by atoms with van der Waals surface area (Å²) in [6, 6.07) is 0.650. The molecule has 0 rings (SSSR count). The van der Waals surface area contributed by atoms with Crippen molar-refractivity contribution in [1.82, 2.24) is 5.32 Å². The zero-order chi connectivity index (χ0) is 10.5. The monoisotopic (exact) mass is 185 g/mol. The summed E-state index contributed by atoms with van der Waals surface area (Å²) in [6.45, 7) is 15.0. The first-order chi connectivity index (χ1) is 5.90. The van der Waals surface area contributed by atoms with Crippen LogP contribution in [0.25, 0.3) is 0 Å². The van der Waals surface area contributed by atoms with Crippen LogP contribution in [0.4, 0.5) is 0 Å². The summed E-state index contributed by atoms with van der Waals surface area (Å²) in [6.07, 6.45) is 2.50. The second kappa shape index (κ2) is 5.64. The largest absolute Gasteiger partial charge is 0.314 e. The average molecular weight is 185 g/mol. The van der Waals surface area contributed by atoms with Crippen LogP contribution in [-0.2, 0) is 0 Å². The molecule has 0 radical (unpaired) electrons. The third-order valence-corrected chi connectivity index (χ3v) is 3.14. The first-order valence-electron chi connectivity index (χ1n) is 5.63. The normalized spacial score (nSPS) is 15.0. The van der Waals surface area contributed by atoms with Gasteiger partial charge in [0.15, 0.2) is 0 Å². The van der Waals surface area contributed by atoms with Crippen molar-refractivity contribution < 1.29 is 0 Å². The van der Waals surface area contributed by atoms with Crippen LogP contribution in [0.1, 0.15) is 54.4 Å². The van der Waals surface area contributed by atoms with E-state index in [4.69, 9.17) is 0 Å². The molecule has 0 aliphatic heterocycles. The van der Waals surface area contributed by atoms with E-state index in [0.29, 0.717) is 11.5 Å². The Hall–Kier alpha value is -0.0400. The second-order valence-corrected chi connectivity index (χ2v) is 5.20. The number of hydrogen-bond donors (Lipinski definition) is 1. The maximum absolute atomic E-state index is 3.54. The summed E-state index contributed by atoms with van der Waals surface area (Å²) < 4.78 is 0. The summed E-state index contributed by atoms with van der Waals surface area (Å²) in [4.78, 5) is 0. The SMILES string of the molecule is CCCNC(C)CC(C)(C)C(C)C. The van der Waals surface area contributed by atoms with E-state index in [1.807, 2.05) is 0 Å². The molecule has 0 aromatic heterocycles. The van der Waals surface area contributed by atoms with Gasteiger partial charge in [0.2, 0.25) is 0 Å². The molecule has 13 heavy (non-hydrogen) atoms.